The molecule has 0 spiro atoms. The Balaban J connectivity index is 0.000000211. The first-order valence-electron chi connectivity index (χ1n) is 11.1. The molecule has 2 aromatic heterocycles. The van der Waals surface area contributed by atoms with E-state index in [9.17, 15) is 24.6 Å². The van der Waals surface area contributed by atoms with Gasteiger partial charge in [-0.25, -0.2) is 14.3 Å². The fourth-order valence-electron chi connectivity index (χ4n) is 3.87. The summed E-state index contributed by atoms with van der Waals surface area (Å²) in [6.45, 7) is 0.840. The molecule has 4 heterocycles. The first kappa shape index (κ1) is 29.7. The number of aliphatic hydroxyl groups is 4. The van der Waals surface area contributed by atoms with Crippen LogP contribution < -0.4 is 11.2 Å². The van der Waals surface area contributed by atoms with Crippen LogP contribution in [0.15, 0.2) is 27.1 Å². The lowest BCUT2D eigenvalue weighted by Gasteiger charge is -2.14. The number of H-pyrrole nitrogens is 1. The summed E-state index contributed by atoms with van der Waals surface area (Å²) >= 11 is 1.90. The highest BCUT2D eigenvalue weighted by Gasteiger charge is 2.44. The van der Waals surface area contributed by atoms with Crippen LogP contribution in [0.5, 0.6) is 0 Å². The smallest absolute Gasteiger partial charge is 0.359 e. The number of aryl methyl sites for hydroxylation is 1. The Hall–Kier alpha value is -2.84. The first-order valence-corrected chi connectivity index (χ1v) is 12.2. The van der Waals surface area contributed by atoms with E-state index in [1.807, 2.05) is 22.6 Å². The zero-order valence-electron chi connectivity index (χ0n) is 20.1. The zero-order chi connectivity index (χ0) is 28.1. The molecular weight excluding hydrogens is 625 g/mol. The summed E-state index contributed by atoms with van der Waals surface area (Å²) in [6.07, 6.45) is -2.47. The molecule has 2 aliphatic heterocycles. The van der Waals surface area contributed by atoms with Gasteiger partial charge in [-0.2, -0.15) is 5.10 Å². The number of carbonyl (C=O) groups is 1. The molecule has 4 rings (SSSR count). The summed E-state index contributed by atoms with van der Waals surface area (Å²) in [7, 11) is 1.24. The van der Waals surface area contributed by atoms with Gasteiger partial charge in [0, 0.05) is 29.3 Å². The van der Waals surface area contributed by atoms with E-state index in [0.29, 0.717) is 9.13 Å². The number of hydrogen-bond donors (Lipinski definition) is 5. The normalized spacial score (nSPS) is 28.3. The highest BCUT2D eigenvalue weighted by Crippen LogP contribution is 2.30. The molecule has 17 nitrogen and oxygen atoms in total. The summed E-state index contributed by atoms with van der Waals surface area (Å²) in [5.74, 6) is -0.602. The zero-order valence-corrected chi connectivity index (χ0v) is 22.3. The van der Waals surface area contributed by atoms with Gasteiger partial charge >= 0.3 is 11.7 Å². The minimum absolute atomic E-state index is 0.0980. The van der Waals surface area contributed by atoms with E-state index < -0.39 is 66.7 Å². The second kappa shape index (κ2) is 12.8. The maximum atomic E-state index is 11.7. The van der Waals surface area contributed by atoms with Gasteiger partial charge in [0.05, 0.1) is 36.0 Å². The van der Waals surface area contributed by atoms with Gasteiger partial charge in [0.2, 0.25) is 0 Å². The number of hydrogen-bond acceptors (Lipinski definition) is 12. The average Bonchev–Trinajstić information content (AvgIpc) is 3.57. The molecule has 2 aromatic rings. The van der Waals surface area contributed by atoms with Gasteiger partial charge < -0.3 is 34.6 Å². The Morgan fingerprint density at radius 1 is 1.26 bits per heavy atom. The highest BCUT2D eigenvalue weighted by atomic mass is 127. The van der Waals surface area contributed by atoms with E-state index >= 15 is 0 Å². The topological polar surface area (TPSA) is 247 Å². The average molecular weight is 651 g/mol. The van der Waals surface area contributed by atoms with E-state index in [-0.39, 0.29) is 18.7 Å². The van der Waals surface area contributed by atoms with Gasteiger partial charge in [-0.05, 0) is 35.0 Å². The van der Waals surface area contributed by atoms with Crippen molar-refractivity contribution in [2.75, 3.05) is 20.3 Å². The Kier molecular flexibility index (Phi) is 10.0. The Morgan fingerprint density at radius 2 is 1.95 bits per heavy atom. The molecule has 0 bridgehead atoms. The largest absolute Gasteiger partial charge is 0.464 e. The van der Waals surface area contributed by atoms with Crippen molar-refractivity contribution in [1.29, 1.82) is 0 Å². The molecular formula is C20H26IN7O10. The van der Waals surface area contributed by atoms with Gasteiger partial charge in [-0.3, -0.25) is 14.3 Å². The Morgan fingerprint density at radius 3 is 2.53 bits per heavy atom. The van der Waals surface area contributed by atoms with Crippen LogP contribution >= 0.6 is 22.6 Å². The fraction of sp³-hybridized carbons (Fsp3) is 0.600. The van der Waals surface area contributed by atoms with Crippen molar-refractivity contribution < 1.29 is 39.4 Å². The van der Waals surface area contributed by atoms with Gasteiger partial charge in [-0.1, -0.05) is 5.11 Å². The predicted molar refractivity (Wildman–Crippen MR) is 134 cm³/mol. The van der Waals surface area contributed by atoms with Gasteiger partial charge in [0.1, 0.15) is 24.5 Å². The minimum Gasteiger partial charge on any atom is -0.464 e. The Labute approximate surface area is 227 Å². The molecule has 1 unspecified atom stereocenters. The molecule has 0 aliphatic carbocycles. The quantitative estimate of drug-likeness (QED) is 0.0807. The molecule has 2 fully saturated rings. The number of methoxy groups -OCH3 is 1. The number of nitrogens with zero attached hydrogens (tertiary/aromatic N) is 6. The lowest BCUT2D eigenvalue weighted by Crippen LogP contribution is -2.33. The van der Waals surface area contributed by atoms with Gasteiger partial charge in [0.25, 0.3) is 5.56 Å². The van der Waals surface area contributed by atoms with Crippen LogP contribution in [-0.2, 0) is 14.2 Å². The minimum atomic E-state index is -1.24. The van der Waals surface area contributed by atoms with Crippen LogP contribution in [0.25, 0.3) is 10.4 Å². The molecule has 0 saturated carbocycles. The van der Waals surface area contributed by atoms with Crippen molar-refractivity contribution in [3.05, 3.63) is 58.5 Å². The number of aromatic nitrogens is 4. The monoisotopic (exact) mass is 651 g/mol. The third-order valence-corrected chi connectivity index (χ3v) is 6.67. The molecule has 2 saturated heterocycles. The van der Waals surface area contributed by atoms with Crippen LogP contribution in [0, 0.1) is 10.5 Å². The van der Waals surface area contributed by atoms with Gasteiger partial charge in [-0.15, -0.1) is 0 Å². The summed E-state index contributed by atoms with van der Waals surface area (Å²) in [5, 5.41) is 45.1. The number of nitrogens with one attached hydrogen (secondary N) is 1. The number of halogens is 1. The number of carbonyl (C=O) groups excluding carboxylic acids is 1. The third-order valence-electron chi connectivity index (χ3n) is 5.88. The van der Waals surface area contributed by atoms with E-state index in [1.165, 1.54) is 28.8 Å². The van der Waals surface area contributed by atoms with Crippen molar-refractivity contribution >= 4 is 28.6 Å². The maximum absolute atomic E-state index is 11.7. The van der Waals surface area contributed by atoms with Crippen LogP contribution in [0.2, 0.25) is 0 Å². The predicted octanol–water partition coefficient (Wildman–Crippen LogP) is -1.31. The number of rotatable bonds is 6. The molecule has 0 radical (unpaired) electrons. The van der Waals surface area contributed by atoms with Crippen molar-refractivity contribution in [2.45, 2.75) is 56.3 Å². The lowest BCUT2D eigenvalue weighted by atomic mass is 10.1. The third kappa shape index (κ3) is 6.24. The van der Waals surface area contributed by atoms with E-state index in [2.05, 4.69) is 24.8 Å². The molecule has 38 heavy (non-hydrogen) atoms. The lowest BCUT2D eigenvalue weighted by molar-refractivity contribution is -0.0588. The van der Waals surface area contributed by atoms with Crippen LogP contribution in [0.3, 0.4) is 0 Å². The summed E-state index contributed by atoms with van der Waals surface area (Å²) in [5.41, 5.74) is 7.85. The van der Waals surface area contributed by atoms with Crippen LogP contribution in [0.1, 0.15) is 34.9 Å². The fourth-order valence-corrected chi connectivity index (χ4v) is 4.48. The van der Waals surface area contributed by atoms with Crippen molar-refractivity contribution in [3.8, 4) is 0 Å². The SMILES string of the molecule is COC(=O)c1nn([C@@H]2O[C@H](CO)[C@@H](O)[C@H]2O)cc1I.Cc1cn([C@H]2CC(N=[N+]=[N-])[C@@H](CO)O2)c(=O)[nH]c1=O. The first-order chi connectivity index (χ1) is 18.1. The molecule has 0 aromatic carbocycles. The second-order valence-electron chi connectivity index (χ2n) is 8.32. The molecule has 0 amide bonds. The number of aliphatic hydroxyl groups excluding tert-OH is 4. The van der Waals surface area contributed by atoms with Crippen molar-refractivity contribution in [3.63, 3.8) is 0 Å². The van der Waals surface area contributed by atoms with Crippen molar-refractivity contribution in [2.24, 2.45) is 5.11 Å². The summed E-state index contributed by atoms with van der Waals surface area (Å²) < 4.78 is 18.3. The van der Waals surface area contributed by atoms with Crippen LogP contribution in [-0.4, -0.2) is 96.5 Å². The Bertz CT molecular complexity index is 1310. The molecule has 18 heteroatoms. The van der Waals surface area contributed by atoms with Crippen molar-refractivity contribution in [1.82, 2.24) is 19.3 Å². The van der Waals surface area contributed by atoms with Crippen LogP contribution in [0.4, 0.5) is 0 Å². The second-order valence-corrected chi connectivity index (χ2v) is 9.49. The summed E-state index contributed by atoms with van der Waals surface area (Å²) in [6, 6.07) is -0.542. The highest BCUT2D eigenvalue weighted by molar-refractivity contribution is 14.1. The maximum Gasteiger partial charge on any atom is 0.359 e. The van der Waals surface area contributed by atoms with Gasteiger partial charge in [0.15, 0.2) is 11.9 Å². The number of ether oxygens (including phenoxy) is 3. The number of aromatic amines is 1. The number of azide groups is 1. The number of esters is 1. The molecule has 7 atom stereocenters. The van der Waals surface area contributed by atoms with E-state index in [1.54, 1.807) is 6.92 Å². The van der Waals surface area contributed by atoms with E-state index in [0.717, 1.165) is 0 Å². The molecule has 5 N–H and O–H groups in total. The standard InChI is InChI=1S/C10H13IN2O6.C10H13N5O4/c1-18-10(17)6-4(11)2-13(12-6)9-8(16)7(15)5(3-14)19-9;1-5-3-15(10(18)12-9(5)17)8-2-6(13-14-11)7(4-16)19-8/h2,5,7-9,14-16H,3H2,1H3;3,6-8,16H,2,4H2,1H3,(H,12,17,18)/t5-,7-,8-,9-;6?,7-,8-/m11/s1. The molecule has 208 valence electrons. The van der Waals surface area contributed by atoms with E-state index in [4.69, 9.17) is 25.2 Å². The molecule has 2 aliphatic rings. The summed E-state index contributed by atoms with van der Waals surface area (Å²) in [4.78, 5) is 39.3.